The molecule has 0 aromatic carbocycles. The molecule has 0 aromatic heterocycles. The van der Waals surface area contributed by atoms with E-state index in [9.17, 15) is 20.4 Å². The largest absolute Gasteiger partial charge is 0.388 e. The average molecular weight is 439 g/mol. The predicted molar refractivity (Wildman–Crippen MR) is 119 cm³/mol. The molecule has 0 radical (unpaired) electrons. The number of hydrogen-bond donors (Lipinski definition) is 4. The topological polar surface area (TPSA) is 99.4 Å². The van der Waals surface area contributed by atoms with Crippen molar-refractivity contribution in [1.82, 2.24) is 0 Å². The fourth-order valence-electron chi connectivity index (χ4n) is 6.28. The van der Waals surface area contributed by atoms with Crippen LogP contribution in [-0.2, 0) is 9.47 Å². The van der Waals surface area contributed by atoms with Gasteiger partial charge in [0, 0.05) is 0 Å². The zero-order valence-electron chi connectivity index (χ0n) is 19.6. The number of rotatable bonds is 7. The van der Waals surface area contributed by atoms with Gasteiger partial charge in [-0.15, -0.1) is 6.58 Å². The molecule has 2 fully saturated rings. The normalized spacial score (nSPS) is 40.2. The molecule has 0 bridgehead atoms. The van der Waals surface area contributed by atoms with Crippen LogP contribution in [-0.4, -0.2) is 63.8 Å². The number of allylic oxidation sites excluding steroid dienone is 1. The highest BCUT2D eigenvalue weighted by atomic mass is 16.7. The Kier molecular flexibility index (Phi) is 7.41. The van der Waals surface area contributed by atoms with Gasteiger partial charge >= 0.3 is 0 Å². The van der Waals surface area contributed by atoms with Crippen LogP contribution >= 0.6 is 0 Å². The highest BCUT2D eigenvalue weighted by Crippen LogP contribution is 2.60. The molecule has 178 valence electrons. The quantitative estimate of drug-likeness (QED) is 0.456. The van der Waals surface area contributed by atoms with E-state index in [1.54, 1.807) is 13.0 Å². The minimum atomic E-state index is -1.28. The second-order valence-electron chi connectivity index (χ2n) is 11.1. The van der Waals surface area contributed by atoms with Gasteiger partial charge in [0.15, 0.2) is 6.29 Å². The van der Waals surface area contributed by atoms with E-state index in [0.717, 1.165) is 25.7 Å². The highest BCUT2D eigenvalue weighted by Gasteiger charge is 2.50. The predicted octanol–water partition coefficient (Wildman–Crippen LogP) is 3.08. The van der Waals surface area contributed by atoms with E-state index in [0.29, 0.717) is 18.9 Å². The molecule has 7 unspecified atom stereocenters. The third-order valence-corrected chi connectivity index (χ3v) is 8.28. The summed E-state index contributed by atoms with van der Waals surface area (Å²) in [6.45, 7) is 13.0. The molecular weight excluding hydrogens is 396 g/mol. The van der Waals surface area contributed by atoms with Gasteiger partial charge in [-0.2, -0.15) is 0 Å². The lowest BCUT2D eigenvalue weighted by Crippen LogP contribution is -2.54. The third kappa shape index (κ3) is 5.10. The van der Waals surface area contributed by atoms with E-state index in [1.807, 2.05) is 0 Å². The van der Waals surface area contributed by atoms with Crippen molar-refractivity contribution in [1.29, 1.82) is 0 Å². The second-order valence-corrected chi connectivity index (χ2v) is 11.1. The molecule has 6 nitrogen and oxygen atoms in total. The van der Waals surface area contributed by atoms with Crippen LogP contribution in [0.2, 0.25) is 0 Å². The summed E-state index contributed by atoms with van der Waals surface area (Å²) in [5.74, 6) is 0.578. The maximum absolute atomic E-state index is 10.6. The van der Waals surface area contributed by atoms with Crippen molar-refractivity contribution in [2.24, 2.45) is 16.7 Å². The molecule has 6 heteroatoms. The smallest absolute Gasteiger partial charge is 0.186 e. The van der Waals surface area contributed by atoms with Crippen LogP contribution in [0.3, 0.4) is 0 Å². The summed E-state index contributed by atoms with van der Waals surface area (Å²) < 4.78 is 11.4. The maximum atomic E-state index is 10.6. The summed E-state index contributed by atoms with van der Waals surface area (Å²) in [5.41, 5.74) is 1.99. The van der Waals surface area contributed by atoms with E-state index in [4.69, 9.17) is 9.47 Å². The van der Waals surface area contributed by atoms with Gasteiger partial charge in [0.05, 0.1) is 18.8 Å². The fraction of sp³-hybridized carbons (Fsp3) is 0.840. The first-order valence-corrected chi connectivity index (χ1v) is 11.8. The second kappa shape index (κ2) is 9.24. The monoisotopic (exact) mass is 438 g/mol. The number of aliphatic hydroxyl groups is 4. The van der Waals surface area contributed by atoms with Gasteiger partial charge in [-0.3, -0.25) is 0 Å². The summed E-state index contributed by atoms with van der Waals surface area (Å²) in [5, 5.41) is 40.4. The fourth-order valence-corrected chi connectivity index (χ4v) is 6.28. The molecule has 1 aliphatic heterocycles. The molecule has 0 aromatic rings. The summed E-state index contributed by atoms with van der Waals surface area (Å²) in [6, 6.07) is 0. The summed E-state index contributed by atoms with van der Waals surface area (Å²) >= 11 is 0. The minimum absolute atomic E-state index is 0.0533. The Morgan fingerprint density at radius 3 is 2.58 bits per heavy atom. The molecule has 0 spiro atoms. The van der Waals surface area contributed by atoms with Crippen LogP contribution < -0.4 is 0 Å². The average Bonchev–Trinajstić information content (AvgIpc) is 2.69. The Labute approximate surface area is 187 Å². The van der Waals surface area contributed by atoms with Crippen LogP contribution in [0.5, 0.6) is 0 Å². The Morgan fingerprint density at radius 2 is 1.90 bits per heavy atom. The zero-order valence-corrected chi connectivity index (χ0v) is 19.6. The van der Waals surface area contributed by atoms with Gasteiger partial charge in [0.2, 0.25) is 0 Å². The Balaban J connectivity index is 1.84. The molecule has 3 rings (SSSR count). The van der Waals surface area contributed by atoms with Gasteiger partial charge in [-0.25, -0.2) is 0 Å². The first-order valence-electron chi connectivity index (χ1n) is 11.8. The van der Waals surface area contributed by atoms with Crippen LogP contribution in [0.15, 0.2) is 23.8 Å². The zero-order chi connectivity index (χ0) is 23.0. The van der Waals surface area contributed by atoms with Crippen LogP contribution in [0.25, 0.3) is 0 Å². The first-order chi connectivity index (χ1) is 14.4. The molecule has 1 saturated carbocycles. The van der Waals surface area contributed by atoms with Crippen LogP contribution in [0.1, 0.15) is 72.6 Å². The molecule has 3 aliphatic rings. The first kappa shape index (κ1) is 24.9. The van der Waals surface area contributed by atoms with Crippen molar-refractivity contribution in [3.8, 4) is 0 Å². The standard InChI is InChI=1S/C25H42O6/c1-6-24(4,29)13-10-17-16(14-30-22-21(28)20(27)18(26)15-31-22)8-9-19-23(2,3)11-7-12-25(17,19)5/h6,18-22,26-29H,1,7-15H2,2-5H3. The minimum Gasteiger partial charge on any atom is -0.388 e. The summed E-state index contributed by atoms with van der Waals surface area (Å²) in [7, 11) is 0. The third-order valence-electron chi connectivity index (χ3n) is 8.28. The van der Waals surface area contributed by atoms with E-state index in [1.165, 1.54) is 24.0 Å². The molecule has 4 N–H and O–H groups in total. The van der Waals surface area contributed by atoms with Gasteiger partial charge in [-0.05, 0) is 67.8 Å². The van der Waals surface area contributed by atoms with E-state index < -0.39 is 30.2 Å². The van der Waals surface area contributed by atoms with Crippen molar-refractivity contribution in [2.45, 2.75) is 103 Å². The highest BCUT2D eigenvalue weighted by molar-refractivity contribution is 5.29. The Morgan fingerprint density at radius 1 is 1.19 bits per heavy atom. The number of hydrogen-bond acceptors (Lipinski definition) is 6. The van der Waals surface area contributed by atoms with Crippen molar-refractivity contribution in [3.63, 3.8) is 0 Å². The number of ether oxygens (including phenoxy) is 2. The van der Waals surface area contributed by atoms with Crippen molar-refractivity contribution < 1.29 is 29.9 Å². The van der Waals surface area contributed by atoms with Crippen molar-refractivity contribution in [3.05, 3.63) is 23.8 Å². The van der Waals surface area contributed by atoms with Crippen LogP contribution in [0, 0.1) is 16.7 Å². The van der Waals surface area contributed by atoms with Crippen molar-refractivity contribution >= 4 is 0 Å². The van der Waals surface area contributed by atoms with Crippen molar-refractivity contribution in [2.75, 3.05) is 13.2 Å². The van der Waals surface area contributed by atoms with Gasteiger partial charge in [0.25, 0.3) is 0 Å². The molecule has 31 heavy (non-hydrogen) atoms. The SMILES string of the molecule is C=CC(C)(O)CCC1=C(COC2OCC(O)C(O)C2O)CCC2C(C)(C)CCCC12C. The molecule has 1 saturated heterocycles. The lowest BCUT2D eigenvalue weighted by atomic mass is 9.49. The van der Waals surface area contributed by atoms with E-state index >= 15 is 0 Å². The van der Waals surface area contributed by atoms with E-state index in [2.05, 4.69) is 27.4 Å². The van der Waals surface area contributed by atoms with Crippen LogP contribution in [0.4, 0.5) is 0 Å². The molecular formula is C25H42O6. The van der Waals surface area contributed by atoms with E-state index in [-0.39, 0.29) is 17.4 Å². The lowest BCUT2D eigenvalue weighted by Gasteiger charge is -2.55. The summed E-state index contributed by atoms with van der Waals surface area (Å²) in [4.78, 5) is 0. The Bertz CT molecular complexity index is 683. The molecule has 0 amide bonds. The molecule has 2 aliphatic carbocycles. The number of fused-ring (bicyclic) bond motifs is 1. The maximum Gasteiger partial charge on any atom is 0.186 e. The van der Waals surface area contributed by atoms with Gasteiger partial charge in [-0.1, -0.05) is 38.8 Å². The Hall–Kier alpha value is -0.760. The molecule has 1 heterocycles. The van der Waals surface area contributed by atoms with Gasteiger partial charge < -0.3 is 29.9 Å². The molecule has 7 atom stereocenters. The number of aliphatic hydroxyl groups excluding tert-OH is 3. The van der Waals surface area contributed by atoms with Gasteiger partial charge in [0.1, 0.15) is 18.3 Å². The summed E-state index contributed by atoms with van der Waals surface area (Å²) in [6.07, 6.45) is 3.92. The lowest BCUT2D eigenvalue weighted by molar-refractivity contribution is -0.267.